The van der Waals surface area contributed by atoms with E-state index in [1.807, 2.05) is 41.1 Å². The van der Waals surface area contributed by atoms with Gasteiger partial charge in [0.15, 0.2) is 0 Å². The molecule has 3 rings (SSSR count). The van der Waals surface area contributed by atoms with Crippen LogP contribution in [0.5, 0.6) is 0 Å². The van der Waals surface area contributed by atoms with Gasteiger partial charge in [-0.15, -0.1) is 0 Å². The van der Waals surface area contributed by atoms with Crippen molar-refractivity contribution in [2.24, 2.45) is 5.73 Å². The lowest BCUT2D eigenvalue weighted by molar-refractivity contribution is 0.627. The quantitative estimate of drug-likeness (QED) is 0.798. The topological polar surface area (TPSA) is 43.8 Å². The van der Waals surface area contributed by atoms with Crippen LogP contribution < -0.4 is 5.73 Å². The summed E-state index contributed by atoms with van der Waals surface area (Å²) in [6.07, 6.45) is 0.716. The van der Waals surface area contributed by atoms with Crippen LogP contribution in [-0.4, -0.2) is 16.3 Å². The van der Waals surface area contributed by atoms with Crippen molar-refractivity contribution in [2.75, 3.05) is 6.54 Å². The van der Waals surface area contributed by atoms with Gasteiger partial charge in [-0.3, -0.25) is 0 Å². The summed E-state index contributed by atoms with van der Waals surface area (Å²) in [7, 11) is 0. The minimum Gasteiger partial charge on any atom is -0.330 e. The molecule has 1 aromatic heterocycles. The largest absolute Gasteiger partial charge is 0.330 e. The summed E-state index contributed by atoms with van der Waals surface area (Å²) in [5.74, 6) is -0.255. The average Bonchev–Trinajstić information content (AvgIpc) is 2.93. The Morgan fingerprint density at radius 2 is 1.71 bits per heavy atom. The molecule has 0 aliphatic carbocycles. The van der Waals surface area contributed by atoms with Crippen LogP contribution in [-0.2, 0) is 6.42 Å². The lowest BCUT2D eigenvalue weighted by atomic mass is 10.1. The molecule has 0 atom stereocenters. The molecule has 0 fully saturated rings. The SMILES string of the molecule is NCCc1cc(-c2ccccc2)n(-c2ccc(F)cc2)n1. The number of nitrogens with two attached hydrogens (primary N) is 1. The molecule has 21 heavy (non-hydrogen) atoms. The number of benzene rings is 2. The smallest absolute Gasteiger partial charge is 0.123 e. The van der Waals surface area contributed by atoms with E-state index in [9.17, 15) is 4.39 Å². The normalized spacial score (nSPS) is 10.8. The third kappa shape index (κ3) is 2.85. The summed E-state index contributed by atoms with van der Waals surface area (Å²) >= 11 is 0. The van der Waals surface area contributed by atoms with Crippen molar-refractivity contribution in [1.82, 2.24) is 9.78 Å². The highest BCUT2D eigenvalue weighted by atomic mass is 19.1. The van der Waals surface area contributed by atoms with Crippen molar-refractivity contribution < 1.29 is 4.39 Å². The Labute approximate surface area is 122 Å². The van der Waals surface area contributed by atoms with E-state index in [0.717, 1.165) is 22.6 Å². The minimum absolute atomic E-state index is 0.255. The lowest BCUT2D eigenvalue weighted by Gasteiger charge is -2.07. The molecule has 1 heterocycles. The second kappa shape index (κ2) is 5.89. The van der Waals surface area contributed by atoms with Gasteiger partial charge in [0.25, 0.3) is 0 Å². The maximum absolute atomic E-state index is 13.1. The van der Waals surface area contributed by atoms with Gasteiger partial charge >= 0.3 is 0 Å². The average molecular weight is 281 g/mol. The van der Waals surface area contributed by atoms with Crippen LogP contribution in [0.2, 0.25) is 0 Å². The standard InChI is InChI=1S/C17H16FN3/c18-14-6-8-16(9-7-14)21-17(12-15(20-21)10-11-19)13-4-2-1-3-5-13/h1-9,12H,10-11,19H2. The Morgan fingerprint density at radius 1 is 1.00 bits per heavy atom. The van der Waals surface area contributed by atoms with Gasteiger partial charge in [-0.05, 0) is 36.9 Å². The van der Waals surface area contributed by atoms with E-state index >= 15 is 0 Å². The minimum atomic E-state index is -0.255. The summed E-state index contributed by atoms with van der Waals surface area (Å²) in [6.45, 7) is 0.550. The predicted octanol–water partition coefficient (Wildman–Crippen LogP) is 3.18. The fourth-order valence-corrected chi connectivity index (χ4v) is 2.29. The molecule has 106 valence electrons. The molecular weight excluding hydrogens is 265 g/mol. The molecule has 0 spiro atoms. The Kier molecular flexibility index (Phi) is 3.79. The fourth-order valence-electron chi connectivity index (χ4n) is 2.29. The van der Waals surface area contributed by atoms with E-state index in [-0.39, 0.29) is 5.82 Å². The van der Waals surface area contributed by atoms with E-state index in [0.29, 0.717) is 13.0 Å². The monoisotopic (exact) mass is 281 g/mol. The summed E-state index contributed by atoms with van der Waals surface area (Å²) in [5.41, 5.74) is 9.43. The van der Waals surface area contributed by atoms with Gasteiger partial charge in [0, 0.05) is 12.0 Å². The van der Waals surface area contributed by atoms with Crippen molar-refractivity contribution in [3.63, 3.8) is 0 Å². The van der Waals surface area contributed by atoms with Gasteiger partial charge in [0.05, 0.1) is 17.1 Å². The van der Waals surface area contributed by atoms with Crippen molar-refractivity contribution in [3.8, 4) is 16.9 Å². The molecule has 0 unspecified atom stereocenters. The molecule has 0 aliphatic heterocycles. The predicted molar refractivity (Wildman–Crippen MR) is 81.7 cm³/mol. The molecule has 2 N–H and O–H groups in total. The highest BCUT2D eigenvalue weighted by Crippen LogP contribution is 2.24. The number of rotatable bonds is 4. The molecule has 0 radical (unpaired) electrons. The summed E-state index contributed by atoms with van der Waals surface area (Å²) in [5, 5.41) is 4.59. The molecule has 3 aromatic rings. The number of hydrogen-bond donors (Lipinski definition) is 1. The van der Waals surface area contributed by atoms with Crippen molar-refractivity contribution >= 4 is 0 Å². The first-order valence-corrected chi connectivity index (χ1v) is 6.88. The Bertz CT molecular complexity index is 718. The Morgan fingerprint density at radius 3 is 2.38 bits per heavy atom. The third-order valence-electron chi connectivity index (χ3n) is 3.30. The zero-order valence-corrected chi connectivity index (χ0v) is 11.5. The van der Waals surface area contributed by atoms with Crippen LogP contribution >= 0.6 is 0 Å². The first-order chi connectivity index (χ1) is 10.3. The van der Waals surface area contributed by atoms with Crippen LogP contribution in [0.3, 0.4) is 0 Å². The van der Waals surface area contributed by atoms with Gasteiger partial charge in [-0.25, -0.2) is 9.07 Å². The number of nitrogens with zero attached hydrogens (tertiary/aromatic N) is 2. The molecule has 3 nitrogen and oxygen atoms in total. The molecule has 2 aromatic carbocycles. The van der Waals surface area contributed by atoms with Gasteiger partial charge in [-0.1, -0.05) is 30.3 Å². The number of hydrogen-bond acceptors (Lipinski definition) is 2. The van der Waals surface area contributed by atoms with Crippen LogP contribution in [0.4, 0.5) is 4.39 Å². The van der Waals surface area contributed by atoms with Crippen molar-refractivity contribution in [1.29, 1.82) is 0 Å². The Hall–Kier alpha value is -2.46. The van der Waals surface area contributed by atoms with E-state index in [1.165, 1.54) is 12.1 Å². The maximum Gasteiger partial charge on any atom is 0.123 e. The van der Waals surface area contributed by atoms with Crippen LogP contribution in [0.15, 0.2) is 60.7 Å². The summed E-state index contributed by atoms with van der Waals surface area (Å²) in [6, 6.07) is 18.4. The van der Waals surface area contributed by atoms with E-state index in [4.69, 9.17) is 5.73 Å². The molecule has 0 aliphatic rings. The fraction of sp³-hybridized carbons (Fsp3) is 0.118. The molecule has 0 amide bonds. The summed E-state index contributed by atoms with van der Waals surface area (Å²) < 4.78 is 14.9. The lowest BCUT2D eigenvalue weighted by Crippen LogP contribution is -2.04. The highest BCUT2D eigenvalue weighted by molar-refractivity contribution is 5.62. The zero-order valence-electron chi connectivity index (χ0n) is 11.5. The highest BCUT2D eigenvalue weighted by Gasteiger charge is 2.11. The number of halogens is 1. The van der Waals surface area contributed by atoms with Crippen LogP contribution in [0.1, 0.15) is 5.69 Å². The van der Waals surface area contributed by atoms with Crippen molar-refractivity contribution in [2.45, 2.75) is 6.42 Å². The second-order valence-corrected chi connectivity index (χ2v) is 4.81. The van der Waals surface area contributed by atoms with E-state index in [1.54, 1.807) is 12.1 Å². The summed E-state index contributed by atoms with van der Waals surface area (Å²) in [4.78, 5) is 0. The van der Waals surface area contributed by atoms with Crippen LogP contribution in [0.25, 0.3) is 16.9 Å². The van der Waals surface area contributed by atoms with Gasteiger partial charge < -0.3 is 5.73 Å². The van der Waals surface area contributed by atoms with E-state index < -0.39 is 0 Å². The van der Waals surface area contributed by atoms with Crippen LogP contribution in [0, 0.1) is 5.82 Å². The Balaban J connectivity index is 2.11. The molecule has 0 bridgehead atoms. The number of aromatic nitrogens is 2. The molecule has 0 saturated heterocycles. The molecule has 4 heteroatoms. The first-order valence-electron chi connectivity index (χ1n) is 6.88. The molecule has 0 saturated carbocycles. The zero-order chi connectivity index (χ0) is 14.7. The van der Waals surface area contributed by atoms with Gasteiger partial charge in [0.2, 0.25) is 0 Å². The first kappa shape index (κ1) is 13.5. The molecular formula is C17H16FN3. The van der Waals surface area contributed by atoms with Gasteiger partial charge in [0.1, 0.15) is 5.82 Å². The second-order valence-electron chi connectivity index (χ2n) is 4.81. The maximum atomic E-state index is 13.1. The van der Waals surface area contributed by atoms with E-state index in [2.05, 4.69) is 5.10 Å². The third-order valence-corrected chi connectivity index (χ3v) is 3.30. The van der Waals surface area contributed by atoms with Crippen molar-refractivity contribution in [3.05, 3.63) is 72.2 Å². The van der Waals surface area contributed by atoms with Gasteiger partial charge in [-0.2, -0.15) is 5.10 Å².